The van der Waals surface area contributed by atoms with Gasteiger partial charge in [0.15, 0.2) is 0 Å². The second-order valence-corrected chi connectivity index (χ2v) is 7.22. The van der Waals surface area contributed by atoms with Crippen LogP contribution < -0.4 is 20.4 Å². The Kier molecular flexibility index (Phi) is 6.35. The number of rotatable bonds is 5. The fraction of sp³-hybridized carbons (Fsp3) is 0.500. The lowest BCUT2D eigenvalue weighted by atomic mass is 10.1. The Labute approximate surface area is 170 Å². The first kappa shape index (κ1) is 19.4. The smallest absolute Gasteiger partial charge is 0.315 e. The minimum Gasteiger partial charge on any atom is -0.378 e. The van der Waals surface area contributed by atoms with Crippen LogP contribution in [-0.4, -0.2) is 66.4 Å². The highest BCUT2D eigenvalue weighted by atomic mass is 16.5. The molecule has 2 fully saturated rings. The molecule has 29 heavy (non-hydrogen) atoms. The van der Waals surface area contributed by atoms with Crippen molar-refractivity contribution in [1.29, 1.82) is 0 Å². The molecule has 2 aromatic heterocycles. The summed E-state index contributed by atoms with van der Waals surface area (Å²) in [4.78, 5) is 29.9. The van der Waals surface area contributed by atoms with Crippen molar-refractivity contribution in [2.75, 3.05) is 49.2 Å². The van der Waals surface area contributed by atoms with Gasteiger partial charge in [-0.05, 0) is 25.0 Å². The molecule has 2 N–H and O–H groups in total. The average Bonchev–Trinajstić information content (AvgIpc) is 2.80. The SMILES string of the molecule is O=C(NCc1cccnc1N1CCOCC1)NC1CCN(c2ncccn2)CC1. The molecule has 0 bridgehead atoms. The van der Waals surface area contributed by atoms with E-state index in [1.807, 2.05) is 18.2 Å². The summed E-state index contributed by atoms with van der Waals surface area (Å²) in [5.41, 5.74) is 1.01. The summed E-state index contributed by atoms with van der Waals surface area (Å²) >= 11 is 0. The van der Waals surface area contributed by atoms with Gasteiger partial charge in [0.1, 0.15) is 5.82 Å². The second-order valence-electron chi connectivity index (χ2n) is 7.22. The molecule has 9 nitrogen and oxygen atoms in total. The first-order chi connectivity index (χ1) is 14.3. The number of urea groups is 1. The van der Waals surface area contributed by atoms with Gasteiger partial charge in [0.05, 0.1) is 13.2 Å². The third-order valence-electron chi connectivity index (χ3n) is 5.28. The van der Waals surface area contributed by atoms with Crippen LogP contribution in [0.15, 0.2) is 36.8 Å². The molecule has 0 aliphatic carbocycles. The highest BCUT2D eigenvalue weighted by molar-refractivity contribution is 5.74. The van der Waals surface area contributed by atoms with Crippen molar-refractivity contribution in [2.24, 2.45) is 0 Å². The largest absolute Gasteiger partial charge is 0.378 e. The number of ether oxygens (including phenoxy) is 1. The standard InChI is InChI=1S/C20H27N7O2/c28-20(25-17-4-9-27(10-5-17)19-22-7-2-8-23-19)24-15-16-3-1-6-21-18(16)26-11-13-29-14-12-26/h1-3,6-8,17H,4-5,9-15H2,(H2,24,25,28). The summed E-state index contributed by atoms with van der Waals surface area (Å²) in [5.74, 6) is 1.68. The molecular weight excluding hydrogens is 370 g/mol. The van der Waals surface area contributed by atoms with Crippen molar-refractivity contribution in [3.05, 3.63) is 42.4 Å². The van der Waals surface area contributed by atoms with Crippen molar-refractivity contribution >= 4 is 17.8 Å². The van der Waals surface area contributed by atoms with Gasteiger partial charge in [-0.15, -0.1) is 0 Å². The average molecular weight is 397 g/mol. The normalized spacial score (nSPS) is 17.8. The Morgan fingerprint density at radius 1 is 1.00 bits per heavy atom. The fourth-order valence-corrected chi connectivity index (χ4v) is 3.72. The number of nitrogens with zero attached hydrogens (tertiary/aromatic N) is 5. The maximum absolute atomic E-state index is 12.4. The Bertz CT molecular complexity index is 790. The first-order valence-electron chi connectivity index (χ1n) is 10.1. The zero-order chi connectivity index (χ0) is 19.9. The molecule has 0 radical (unpaired) electrons. The maximum atomic E-state index is 12.4. The van der Waals surface area contributed by atoms with Crippen molar-refractivity contribution in [2.45, 2.75) is 25.4 Å². The van der Waals surface area contributed by atoms with E-state index in [1.165, 1.54) is 0 Å². The molecule has 4 heterocycles. The summed E-state index contributed by atoms with van der Waals surface area (Å²) in [6, 6.07) is 5.74. The van der Waals surface area contributed by atoms with Gasteiger partial charge in [-0.2, -0.15) is 0 Å². The molecule has 2 aromatic rings. The van der Waals surface area contributed by atoms with Gasteiger partial charge >= 0.3 is 6.03 Å². The number of morpholine rings is 1. The minimum absolute atomic E-state index is 0.142. The predicted octanol–water partition coefficient (Wildman–Crippen LogP) is 1.18. The van der Waals surface area contributed by atoms with E-state index in [2.05, 4.69) is 35.4 Å². The van der Waals surface area contributed by atoms with Crippen molar-refractivity contribution in [1.82, 2.24) is 25.6 Å². The topological polar surface area (TPSA) is 95.5 Å². The number of nitrogens with one attached hydrogen (secondary N) is 2. The monoisotopic (exact) mass is 397 g/mol. The number of carbonyl (C=O) groups is 1. The molecule has 2 aliphatic rings. The molecule has 0 unspecified atom stereocenters. The van der Waals surface area contributed by atoms with Crippen molar-refractivity contribution in [3.8, 4) is 0 Å². The van der Waals surface area contributed by atoms with Gasteiger partial charge in [0.2, 0.25) is 5.95 Å². The van der Waals surface area contributed by atoms with Crippen LogP contribution >= 0.6 is 0 Å². The van der Waals surface area contributed by atoms with Crippen LogP contribution in [-0.2, 0) is 11.3 Å². The highest BCUT2D eigenvalue weighted by Crippen LogP contribution is 2.18. The van der Waals surface area contributed by atoms with Crippen LogP contribution in [0.2, 0.25) is 0 Å². The maximum Gasteiger partial charge on any atom is 0.315 e. The van der Waals surface area contributed by atoms with E-state index in [9.17, 15) is 4.79 Å². The van der Waals surface area contributed by atoms with Gasteiger partial charge in [-0.3, -0.25) is 0 Å². The van der Waals surface area contributed by atoms with Crippen LogP contribution in [0.3, 0.4) is 0 Å². The molecule has 0 aromatic carbocycles. The number of amides is 2. The predicted molar refractivity (Wildman–Crippen MR) is 110 cm³/mol. The molecule has 0 spiro atoms. The van der Waals surface area contributed by atoms with E-state index in [0.717, 1.165) is 56.4 Å². The van der Waals surface area contributed by atoms with Crippen LogP contribution in [0.4, 0.5) is 16.6 Å². The molecule has 2 saturated heterocycles. The van der Waals surface area contributed by atoms with Gasteiger partial charge in [0.25, 0.3) is 0 Å². The zero-order valence-electron chi connectivity index (χ0n) is 16.5. The number of hydrogen-bond donors (Lipinski definition) is 2. The van der Waals surface area contributed by atoms with Gasteiger partial charge in [0, 0.05) is 62.9 Å². The Morgan fingerprint density at radius 3 is 2.48 bits per heavy atom. The van der Waals surface area contributed by atoms with Crippen LogP contribution in [0.5, 0.6) is 0 Å². The first-order valence-corrected chi connectivity index (χ1v) is 10.1. The van der Waals surface area contributed by atoms with Crippen LogP contribution in [0.1, 0.15) is 18.4 Å². The second kappa shape index (κ2) is 9.51. The van der Waals surface area contributed by atoms with Gasteiger partial charge in [-0.1, -0.05) is 6.07 Å². The molecule has 0 atom stereocenters. The lowest BCUT2D eigenvalue weighted by Crippen LogP contribution is -2.48. The zero-order valence-corrected chi connectivity index (χ0v) is 16.5. The minimum atomic E-state index is -0.142. The summed E-state index contributed by atoms with van der Waals surface area (Å²) in [6.07, 6.45) is 7.04. The number of hydrogen-bond acceptors (Lipinski definition) is 7. The lowest BCUT2D eigenvalue weighted by molar-refractivity contribution is 0.122. The van der Waals surface area contributed by atoms with Crippen molar-refractivity contribution < 1.29 is 9.53 Å². The molecule has 9 heteroatoms. The summed E-state index contributed by atoms with van der Waals surface area (Å²) < 4.78 is 5.42. The number of aromatic nitrogens is 3. The van der Waals surface area contributed by atoms with Crippen LogP contribution in [0.25, 0.3) is 0 Å². The summed E-state index contributed by atoms with van der Waals surface area (Å²) in [6.45, 7) is 5.16. The molecule has 2 amide bonds. The quantitative estimate of drug-likeness (QED) is 0.782. The number of anilines is 2. The van der Waals surface area contributed by atoms with E-state index >= 15 is 0 Å². The number of carbonyl (C=O) groups excluding carboxylic acids is 1. The number of pyridine rings is 1. The van der Waals surface area contributed by atoms with E-state index in [0.29, 0.717) is 19.8 Å². The van der Waals surface area contributed by atoms with Gasteiger partial charge in [-0.25, -0.2) is 19.7 Å². The van der Waals surface area contributed by atoms with E-state index in [-0.39, 0.29) is 12.1 Å². The van der Waals surface area contributed by atoms with Gasteiger partial charge < -0.3 is 25.2 Å². The lowest BCUT2D eigenvalue weighted by Gasteiger charge is -2.32. The third kappa shape index (κ3) is 5.11. The number of piperidine rings is 1. The van der Waals surface area contributed by atoms with Crippen LogP contribution in [0, 0.1) is 0 Å². The Hall–Kier alpha value is -2.94. The summed E-state index contributed by atoms with van der Waals surface area (Å²) in [5, 5.41) is 6.07. The molecule has 154 valence electrons. The summed E-state index contributed by atoms with van der Waals surface area (Å²) in [7, 11) is 0. The van der Waals surface area contributed by atoms with Crippen molar-refractivity contribution in [3.63, 3.8) is 0 Å². The molecular formula is C20H27N7O2. The Balaban J connectivity index is 1.25. The van der Waals surface area contributed by atoms with E-state index < -0.39 is 0 Å². The fourth-order valence-electron chi connectivity index (χ4n) is 3.72. The third-order valence-corrected chi connectivity index (χ3v) is 5.28. The van der Waals surface area contributed by atoms with E-state index in [1.54, 1.807) is 18.6 Å². The molecule has 4 rings (SSSR count). The van der Waals surface area contributed by atoms with E-state index in [4.69, 9.17) is 4.74 Å². The Morgan fingerprint density at radius 2 is 1.72 bits per heavy atom. The molecule has 0 saturated carbocycles. The molecule has 2 aliphatic heterocycles. The highest BCUT2D eigenvalue weighted by Gasteiger charge is 2.22.